The lowest BCUT2D eigenvalue weighted by atomic mass is 10.2. The van der Waals surface area contributed by atoms with Gasteiger partial charge in [0, 0.05) is 0 Å². The monoisotopic (exact) mass is 1410 g/mol. The minimum Gasteiger partial charge on any atom is -0.412 e. The van der Waals surface area contributed by atoms with Crippen molar-refractivity contribution in [3.63, 3.8) is 0 Å². The van der Waals surface area contributed by atoms with Crippen LogP contribution in [-0.2, 0) is 0 Å². The van der Waals surface area contributed by atoms with Crippen molar-refractivity contribution in [1.82, 2.24) is 0 Å². The van der Waals surface area contributed by atoms with Crippen molar-refractivity contribution in [2.45, 2.75) is 632 Å². The molecular formula is C96H228O2. The maximum absolute atomic E-state index is 2.23. The third kappa shape index (κ3) is 376. The van der Waals surface area contributed by atoms with Gasteiger partial charge in [0.2, 0.25) is 0 Å². The minimum atomic E-state index is 0. The van der Waals surface area contributed by atoms with E-state index in [2.05, 4.69) is 222 Å². The fourth-order valence-corrected chi connectivity index (χ4v) is 8.00. The summed E-state index contributed by atoms with van der Waals surface area (Å²) in [5, 5.41) is 0. The summed E-state index contributed by atoms with van der Waals surface area (Å²) in [5.74, 6) is 0. The SMILES string of the molecule is CCCCCC.CCCCCC.CCCCCC.CCCCCC.CCCCCC.CCCCCC.CCCCCC.CCCCCC.CCCCCC.CCCCCC.CCCCCC.CCCCCC.CCCCCC.CCCCCC.CCCCCC.CCCCCC.O.O. The predicted molar refractivity (Wildman–Crippen MR) is 484 cm³/mol. The average Bonchev–Trinajstić information content (AvgIpc) is 3.62. The van der Waals surface area contributed by atoms with Gasteiger partial charge in [0.05, 0.1) is 0 Å². The van der Waals surface area contributed by atoms with Crippen LogP contribution in [0.1, 0.15) is 632 Å². The van der Waals surface area contributed by atoms with Crippen molar-refractivity contribution >= 4 is 0 Å². The zero-order valence-electron chi connectivity index (χ0n) is 78.3. The first kappa shape index (κ1) is 144. The van der Waals surface area contributed by atoms with Crippen LogP contribution in [0.15, 0.2) is 0 Å². The first-order valence-electron chi connectivity index (χ1n) is 46.6. The van der Waals surface area contributed by atoms with Crippen LogP contribution >= 0.6 is 0 Å². The molecule has 0 amide bonds. The Hall–Kier alpha value is -0.0800. The van der Waals surface area contributed by atoms with E-state index < -0.39 is 0 Å². The van der Waals surface area contributed by atoms with Crippen LogP contribution in [0.25, 0.3) is 0 Å². The highest BCUT2D eigenvalue weighted by Gasteiger charge is 1.83. The molecule has 0 heterocycles. The van der Waals surface area contributed by atoms with E-state index in [1.54, 1.807) is 0 Å². The topological polar surface area (TPSA) is 63.0 Å². The van der Waals surface area contributed by atoms with Gasteiger partial charge in [-0.1, -0.05) is 632 Å². The van der Waals surface area contributed by atoms with Gasteiger partial charge in [0.1, 0.15) is 0 Å². The number of unbranched alkanes of at least 4 members (excludes halogenated alkanes) is 48. The van der Waals surface area contributed by atoms with Crippen molar-refractivity contribution < 1.29 is 11.0 Å². The zero-order valence-corrected chi connectivity index (χ0v) is 78.3. The van der Waals surface area contributed by atoms with Gasteiger partial charge >= 0.3 is 0 Å². The molecule has 0 aromatic heterocycles. The summed E-state index contributed by atoms with van der Waals surface area (Å²) in [7, 11) is 0. The van der Waals surface area contributed by atoms with E-state index in [9.17, 15) is 0 Å². The molecule has 0 saturated heterocycles. The predicted octanol–water partition coefficient (Wildman–Crippen LogP) is 39.7. The van der Waals surface area contributed by atoms with E-state index in [0.29, 0.717) is 0 Å². The van der Waals surface area contributed by atoms with Crippen molar-refractivity contribution in [3.05, 3.63) is 0 Å². The van der Waals surface area contributed by atoms with E-state index in [1.165, 1.54) is 411 Å². The van der Waals surface area contributed by atoms with E-state index >= 15 is 0 Å². The third-order valence-corrected chi connectivity index (χ3v) is 15.3. The Morgan fingerprint density at radius 1 is 0.0612 bits per heavy atom. The molecule has 0 aliphatic rings. The normalized spacial score (nSPS) is 8.82. The van der Waals surface area contributed by atoms with Gasteiger partial charge in [-0.05, 0) is 0 Å². The molecule has 0 aromatic carbocycles. The van der Waals surface area contributed by atoms with Gasteiger partial charge in [-0.3, -0.25) is 0 Å². The highest BCUT2D eigenvalue weighted by molar-refractivity contribution is 4.39. The molecule has 4 N–H and O–H groups in total. The molecule has 0 atom stereocenters. The lowest BCUT2D eigenvalue weighted by Crippen LogP contribution is -1.66. The Morgan fingerprint density at radius 3 is 0.0918 bits per heavy atom. The third-order valence-electron chi connectivity index (χ3n) is 15.3. The number of rotatable bonds is 48. The molecule has 0 radical (unpaired) electrons. The van der Waals surface area contributed by atoms with E-state index in [0.717, 1.165) is 0 Å². The Labute approximate surface area is 639 Å². The quantitative estimate of drug-likeness (QED) is 0.0545. The van der Waals surface area contributed by atoms with Gasteiger partial charge in [-0.2, -0.15) is 0 Å². The highest BCUT2D eigenvalue weighted by Crippen LogP contribution is 2.03. The van der Waals surface area contributed by atoms with Gasteiger partial charge in [0.15, 0.2) is 0 Å². The molecule has 0 unspecified atom stereocenters. The standard InChI is InChI=1S/16C6H14.2H2O/c16*1-3-5-6-4-2;;/h16*3-6H2,1-2H3;2*1H2. The average molecular weight is 1410 g/mol. The largest absolute Gasteiger partial charge is 0.412 e. The molecule has 0 aromatic rings. The minimum absolute atomic E-state index is 0. The first-order chi connectivity index (χ1) is 46.6. The molecule has 0 aliphatic carbocycles. The van der Waals surface area contributed by atoms with E-state index in [4.69, 9.17) is 0 Å². The summed E-state index contributed by atoms with van der Waals surface area (Å²) in [6.45, 7) is 71.4. The summed E-state index contributed by atoms with van der Waals surface area (Å²) in [5.41, 5.74) is 0. The van der Waals surface area contributed by atoms with Crippen LogP contribution in [0.3, 0.4) is 0 Å². The summed E-state index contributed by atoms with van der Waals surface area (Å²) in [6, 6.07) is 0. The van der Waals surface area contributed by atoms with Crippen LogP contribution in [-0.4, -0.2) is 11.0 Å². The maximum atomic E-state index is 2.23. The Morgan fingerprint density at radius 2 is 0.0816 bits per heavy atom. The van der Waals surface area contributed by atoms with Gasteiger partial charge in [0.25, 0.3) is 0 Å². The summed E-state index contributed by atoms with van der Waals surface area (Å²) in [6.07, 6.45) is 88.6. The van der Waals surface area contributed by atoms with Crippen LogP contribution in [0, 0.1) is 0 Å². The van der Waals surface area contributed by atoms with Crippen molar-refractivity contribution in [2.24, 2.45) is 0 Å². The first-order valence-corrected chi connectivity index (χ1v) is 46.6. The molecule has 98 heavy (non-hydrogen) atoms. The van der Waals surface area contributed by atoms with E-state index in [-0.39, 0.29) is 11.0 Å². The fourth-order valence-electron chi connectivity index (χ4n) is 8.00. The molecule has 0 saturated carbocycles. The molecule has 0 bridgehead atoms. The smallest absolute Gasteiger partial charge is 0.0536 e. The number of hydrogen-bond donors (Lipinski definition) is 0. The Kier molecular flexibility index (Phi) is 321. The second kappa shape index (κ2) is 218. The Bertz CT molecular complexity index is 462. The molecule has 0 fully saturated rings. The summed E-state index contributed by atoms with van der Waals surface area (Å²) >= 11 is 0. The van der Waals surface area contributed by atoms with Gasteiger partial charge in [-0.25, -0.2) is 0 Å². The van der Waals surface area contributed by atoms with Gasteiger partial charge < -0.3 is 11.0 Å². The molecule has 2 heteroatoms. The summed E-state index contributed by atoms with van der Waals surface area (Å²) < 4.78 is 0. The lowest BCUT2D eigenvalue weighted by Gasteiger charge is -1.86. The molecule has 0 aliphatic heterocycles. The lowest BCUT2D eigenvalue weighted by molar-refractivity contribution is 0.702. The zero-order chi connectivity index (χ0) is 77.3. The van der Waals surface area contributed by atoms with Gasteiger partial charge in [-0.15, -0.1) is 0 Å². The second-order valence-electron chi connectivity index (χ2n) is 27.3. The molecule has 2 nitrogen and oxygen atoms in total. The molecule has 624 valence electrons. The summed E-state index contributed by atoms with van der Waals surface area (Å²) in [4.78, 5) is 0. The fraction of sp³-hybridized carbons (Fsp3) is 1.00. The molecular weight excluding hydrogens is 1190 g/mol. The van der Waals surface area contributed by atoms with Crippen LogP contribution in [0.4, 0.5) is 0 Å². The van der Waals surface area contributed by atoms with Crippen molar-refractivity contribution in [3.8, 4) is 0 Å². The van der Waals surface area contributed by atoms with Crippen LogP contribution in [0.2, 0.25) is 0 Å². The molecule has 0 spiro atoms. The van der Waals surface area contributed by atoms with Crippen LogP contribution in [0.5, 0.6) is 0 Å². The Balaban J connectivity index is -0.0000000435. The maximum Gasteiger partial charge on any atom is -0.0536 e. The van der Waals surface area contributed by atoms with Crippen molar-refractivity contribution in [2.75, 3.05) is 0 Å². The highest BCUT2D eigenvalue weighted by atomic mass is 16.0. The van der Waals surface area contributed by atoms with E-state index in [1.807, 2.05) is 0 Å². The second-order valence-corrected chi connectivity index (χ2v) is 27.3. The van der Waals surface area contributed by atoms with Crippen LogP contribution < -0.4 is 0 Å². The van der Waals surface area contributed by atoms with Crippen molar-refractivity contribution in [1.29, 1.82) is 0 Å². The molecule has 0 rings (SSSR count). The number of hydrogen-bond acceptors (Lipinski definition) is 0.